The molecule has 0 saturated heterocycles. The number of rotatable bonds is 7. The van der Waals surface area contributed by atoms with Crippen molar-refractivity contribution >= 4 is 17.8 Å². The molecule has 0 aliphatic carbocycles. The molecule has 3 aromatic rings. The van der Waals surface area contributed by atoms with E-state index in [4.69, 9.17) is 0 Å². The molecule has 2 aromatic carbocycles. The summed E-state index contributed by atoms with van der Waals surface area (Å²) < 4.78 is 1.98. The molecule has 0 atom stereocenters. The van der Waals surface area contributed by atoms with Gasteiger partial charge in [-0.2, -0.15) is 0 Å². The zero-order valence-corrected chi connectivity index (χ0v) is 19.1. The van der Waals surface area contributed by atoms with Gasteiger partial charge in [-0.1, -0.05) is 48.5 Å². The summed E-state index contributed by atoms with van der Waals surface area (Å²) in [6.07, 6.45) is 0.0359. The van der Waals surface area contributed by atoms with Gasteiger partial charge in [0.05, 0.1) is 5.56 Å². The number of hydrogen-bond donors (Lipinski definition) is 3. The number of carbonyl (C=O) groups excluding carboxylic acids is 3. The molecule has 0 aliphatic heterocycles. The van der Waals surface area contributed by atoms with Crippen molar-refractivity contribution in [3.63, 3.8) is 0 Å². The highest BCUT2D eigenvalue weighted by Gasteiger charge is 2.17. The van der Waals surface area contributed by atoms with E-state index in [0.717, 1.165) is 22.6 Å². The van der Waals surface area contributed by atoms with Gasteiger partial charge < -0.3 is 14.8 Å². The van der Waals surface area contributed by atoms with Gasteiger partial charge in [0.25, 0.3) is 5.91 Å². The monoisotopic (exact) mass is 447 g/mol. The average Bonchev–Trinajstić information content (AvgIpc) is 3.12. The van der Waals surface area contributed by atoms with E-state index < -0.39 is 11.8 Å². The second-order valence-electron chi connectivity index (χ2n) is 7.78. The molecule has 0 spiro atoms. The Balaban J connectivity index is 1.44. The third kappa shape index (κ3) is 6.22. The number of hydrogen-bond acceptors (Lipinski definition) is 3. The van der Waals surface area contributed by atoms with Crippen LogP contribution in [0.5, 0.6) is 0 Å². The lowest BCUT2D eigenvalue weighted by atomic mass is 10.2. The van der Waals surface area contributed by atoms with Crippen molar-refractivity contribution in [3.8, 4) is 5.69 Å². The average molecular weight is 448 g/mol. The fraction of sp³-hybridized carbons (Fsp3) is 0.240. The van der Waals surface area contributed by atoms with Crippen molar-refractivity contribution in [1.29, 1.82) is 0 Å². The summed E-state index contributed by atoms with van der Waals surface area (Å²) >= 11 is 0. The van der Waals surface area contributed by atoms with Crippen LogP contribution in [-0.4, -0.2) is 40.9 Å². The lowest BCUT2D eigenvalue weighted by Crippen LogP contribution is -2.44. The van der Waals surface area contributed by atoms with Gasteiger partial charge in [0.2, 0.25) is 5.91 Å². The van der Waals surface area contributed by atoms with E-state index in [1.807, 2.05) is 79.1 Å². The van der Waals surface area contributed by atoms with Gasteiger partial charge in [-0.05, 0) is 37.6 Å². The van der Waals surface area contributed by atoms with Gasteiger partial charge >= 0.3 is 6.03 Å². The second-order valence-corrected chi connectivity index (χ2v) is 7.78. The molecule has 1 aromatic heterocycles. The van der Waals surface area contributed by atoms with E-state index in [2.05, 4.69) is 16.2 Å². The highest BCUT2D eigenvalue weighted by molar-refractivity contribution is 5.97. The normalized spacial score (nSPS) is 10.4. The van der Waals surface area contributed by atoms with Crippen molar-refractivity contribution < 1.29 is 14.4 Å². The molecule has 172 valence electrons. The molecule has 33 heavy (non-hydrogen) atoms. The van der Waals surface area contributed by atoms with E-state index in [9.17, 15) is 14.4 Å². The van der Waals surface area contributed by atoms with Crippen molar-refractivity contribution in [2.75, 3.05) is 13.6 Å². The Labute approximate surface area is 193 Å². The van der Waals surface area contributed by atoms with Crippen molar-refractivity contribution in [3.05, 3.63) is 89.2 Å². The highest BCUT2D eigenvalue weighted by Crippen LogP contribution is 2.20. The Morgan fingerprint density at radius 2 is 1.55 bits per heavy atom. The number of amides is 4. The van der Waals surface area contributed by atoms with Gasteiger partial charge in [0.15, 0.2) is 0 Å². The largest absolute Gasteiger partial charge is 0.337 e. The number of urea groups is 1. The predicted molar refractivity (Wildman–Crippen MR) is 127 cm³/mol. The maximum Gasteiger partial charge on any atom is 0.317 e. The summed E-state index contributed by atoms with van der Waals surface area (Å²) in [6.45, 7) is 4.41. The highest BCUT2D eigenvalue weighted by atomic mass is 16.2. The standard InChI is InChI=1S/C25H29N5O3/c1-18-16-22(19(2)30(18)21-12-8-5-9-13-21)24(32)28-27-23(31)14-15-26-25(33)29(3)17-20-10-6-4-7-11-20/h4-13,16H,14-15,17H2,1-3H3,(H,26,33)(H,27,31)(H,28,32). The molecule has 1 heterocycles. The van der Waals surface area contributed by atoms with Crippen LogP contribution in [0.2, 0.25) is 0 Å². The van der Waals surface area contributed by atoms with Gasteiger partial charge in [-0.15, -0.1) is 0 Å². The summed E-state index contributed by atoms with van der Waals surface area (Å²) in [4.78, 5) is 38.4. The summed E-state index contributed by atoms with van der Waals surface area (Å²) in [5, 5.41) is 2.70. The molecule has 8 nitrogen and oxygen atoms in total. The maximum atomic E-state index is 12.6. The van der Waals surface area contributed by atoms with E-state index in [1.54, 1.807) is 13.1 Å². The minimum Gasteiger partial charge on any atom is -0.337 e. The zero-order chi connectivity index (χ0) is 23.8. The molecule has 4 amide bonds. The molecule has 3 N–H and O–H groups in total. The summed E-state index contributed by atoms with van der Waals surface area (Å²) in [7, 11) is 1.69. The first kappa shape index (κ1) is 23.6. The van der Waals surface area contributed by atoms with Crippen LogP contribution in [0, 0.1) is 13.8 Å². The lowest BCUT2D eigenvalue weighted by Gasteiger charge is -2.18. The van der Waals surface area contributed by atoms with Crippen LogP contribution < -0.4 is 16.2 Å². The van der Waals surface area contributed by atoms with Crippen molar-refractivity contribution in [2.45, 2.75) is 26.8 Å². The molecule has 0 radical (unpaired) electrons. The van der Waals surface area contributed by atoms with Crippen molar-refractivity contribution in [2.24, 2.45) is 0 Å². The third-order valence-corrected chi connectivity index (χ3v) is 5.24. The lowest BCUT2D eigenvalue weighted by molar-refractivity contribution is -0.121. The number of aryl methyl sites for hydroxylation is 1. The Hall–Kier alpha value is -4.07. The molecular weight excluding hydrogens is 418 g/mol. The summed E-state index contributed by atoms with van der Waals surface area (Å²) in [5.74, 6) is -0.795. The molecule has 8 heteroatoms. The Morgan fingerprint density at radius 1 is 0.909 bits per heavy atom. The van der Waals surface area contributed by atoms with E-state index in [1.165, 1.54) is 4.90 Å². The number of aromatic nitrogens is 1. The first-order valence-corrected chi connectivity index (χ1v) is 10.7. The molecule has 0 aliphatic rings. The first-order chi connectivity index (χ1) is 15.9. The predicted octanol–water partition coefficient (Wildman–Crippen LogP) is 3.09. The fourth-order valence-electron chi connectivity index (χ4n) is 3.57. The molecule has 0 fully saturated rings. The zero-order valence-electron chi connectivity index (χ0n) is 19.1. The van der Waals surface area contributed by atoms with Crippen LogP contribution >= 0.6 is 0 Å². The summed E-state index contributed by atoms with van der Waals surface area (Å²) in [6, 6.07) is 20.9. The van der Waals surface area contributed by atoms with Gasteiger partial charge in [0, 0.05) is 43.6 Å². The minimum absolute atomic E-state index is 0.0359. The van der Waals surface area contributed by atoms with Crippen LogP contribution in [0.25, 0.3) is 5.69 Å². The Bertz CT molecular complexity index is 1110. The Kier molecular flexibility index (Phi) is 7.86. The molecule has 0 saturated carbocycles. The minimum atomic E-state index is -0.398. The topological polar surface area (TPSA) is 95.5 Å². The van der Waals surface area contributed by atoms with Gasteiger partial charge in [-0.3, -0.25) is 20.4 Å². The SMILES string of the molecule is Cc1cc(C(=O)NNC(=O)CCNC(=O)N(C)Cc2ccccc2)c(C)n1-c1ccccc1. The van der Waals surface area contributed by atoms with Gasteiger partial charge in [-0.25, -0.2) is 4.79 Å². The number of carbonyl (C=O) groups is 3. The van der Waals surface area contributed by atoms with Crippen LogP contribution in [0.3, 0.4) is 0 Å². The third-order valence-electron chi connectivity index (χ3n) is 5.24. The van der Waals surface area contributed by atoms with Crippen LogP contribution in [0.1, 0.15) is 33.7 Å². The number of benzene rings is 2. The quantitative estimate of drug-likeness (QED) is 0.486. The molecular formula is C25H29N5O3. The number of para-hydroxylation sites is 1. The molecule has 0 unspecified atom stereocenters. The maximum absolute atomic E-state index is 12.6. The van der Waals surface area contributed by atoms with Crippen LogP contribution in [0.4, 0.5) is 4.79 Å². The number of nitrogens with zero attached hydrogens (tertiary/aromatic N) is 2. The first-order valence-electron chi connectivity index (χ1n) is 10.7. The van der Waals surface area contributed by atoms with Crippen molar-refractivity contribution in [1.82, 2.24) is 25.6 Å². The van der Waals surface area contributed by atoms with Crippen LogP contribution in [0.15, 0.2) is 66.7 Å². The van der Waals surface area contributed by atoms with E-state index in [-0.39, 0.29) is 19.0 Å². The van der Waals surface area contributed by atoms with Gasteiger partial charge in [0.1, 0.15) is 0 Å². The smallest absolute Gasteiger partial charge is 0.317 e. The number of hydrazine groups is 1. The van der Waals surface area contributed by atoms with E-state index >= 15 is 0 Å². The molecule has 0 bridgehead atoms. The second kappa shape index (κ2) is 11.0. The van der Waals surface area contributed by atoms with Crippen LogP contribution in [-0.2, 0) is 11.3 Å². The molecule has 3 rings (SSSR count). The fourth-order valence-corrected chi connectivity index (χ4v) is 3.57. The Morgan fingerprint density at radius 3 is 2.21 bits per heavy atom. The number of nitrogens with one attached hydrogen (secondary N) is 3. The summed E-state index contributed by atoms with van der Waals surface area (Å²) in [5.41, 5.74) is 9.01. The van der Waals surface area contributed by atoms with E-state index in [0.29, 0.717) is 12.1 Å².